The predicted molar refractivity (Wildman–Crippen MR) is 57.6 cm³/mol. The normalized spacial score (nSPS) is 13.1. The van der Waals surface area contributed by atoms with Crippen LogP contribution in [0.4, 0.5) is 0 Å². The first-order chi connectivity index (χ1) is 7.15. The van der Waals surface area contributed by atoms with Crippen molar-refractivity contribution in [3.05, 3.63) is 22.5 Å². The van der Waals surface area contributed by atoms with E-state index in [9.17, 15) is 0 Å². The van der Waals surface area contributed by atoms with Gasteiger partial charge in [0.1, 0.15) is 0 Å². The van der Waals surface area contributed by atoms with Crippen molar-refractivity contribution in [2.75, 3.05) is 13.7 Å². The van der Waals surface area contributed by atoms with Crippen molar-refractivity contribution >= 4 is 0 Å². The summed E-state index contributed by atoms with van der Waals surface area (Å²) in [6.45, 7) is 6.44. The van der Waals surface area contributed by atoms with E-state index in [1.165, 1.54) is 0 Å². The molecule has 0 saturated heterocycles. The first kappa shape index (κ1) is 12.2. The van der Waals surface area contributed by atoms with Crippen LogP contribution in [0.25, 0.3) is 0 Å². The Hall–Kier alpha value is -0.840. The number of aromatic nitrogens is 1. The number of aromatic amines is 1. The van der Waals surface area contributed by atoms with Crippen LogP contribution in [0.1, 0.15) is 35.7 Å². The summed E-state index contributed by atoms with van der Waals surface area (Å²) in [4.78, 5) is 3.13. The molecule has 0 amide bonds. The smallest absolute Gasteiger partial charge is 0.185 e. The summed E-state index contributed by atoms with van der Waals surface area (Å²) in [6.07, 6.45) is -0.355. The van der Waals surface area contributed by atoms with Gasteiger partial charge in [-0.15, -0.1) is 0 Å². The third kappa shape index (κ3) is 2.40. The van der Waals surface area contributed by atoms with Gasteiger partial charge in [0.25, 0.3) is 0 Å². The van der Waals surface area contributed by atoms with E-state index in [-0.39, 0.29) is 12.9 Å². The van der Waals surface area contributed by atoms with E-state index in [1.807, 2.05) is 20.8 Å². The summed E-state index contributed by atoms with van der Waals surface area (Å²) in [5.41, 5.74) is 3.81. The molecule has 0 fully saturated rings. The van der Waals surface area contributed by atoms with Crippen molar-refractivity contribution < 1.29 is 14.6 Å². The second kappa shape index (κ2) is 5.30. The highest BCUT2D eigenvalue weighted by molar-refractivity contribution is 5.36. The molecular weight excluding hydrogens is 194 g/mol. The number of methoxy groups -OCH3 is 1. The number of hydrogen-bond acceptors (Lipinski definition) is 3. The van der Waals surface area contributed by atoms with Crippen molar-refractivity contribution in [1.29, 1.82) is 0 Å². The fourth-order valence-corrected chi connectivity index (χ4v) is 1.76. The topological polar surface area (TPSA) is 54.5 Å². The number of rotatable bonds is 5. The molecule has 1 aromatic rings. The summed E-state index contributed by atoms with van der Waals surface area (Å²) in [7, 11) is 1.62. The maximum absolute atomic E-state index is 9.13. The van der Waals surface area contributed by atoms with Crippen LogP contribution in [0.2, 0.25) is 0 Å². The van der Waals surface area contributed by atoms with E-state index in [1.54, 1.807) is 7.11 Å². The first-order valence-electron chi connectivity index (χ1n) is 5.08. The SMILES string of the molecule is CCOC(OC)c1c(C)[nH]c(CO)c1C. The standard InChI is InChI=1S/C11H19NO3/c1-5-15-11(14-4)10-7(2)9(6-13)12-8(10)3/h11-13H,5-6H2,1-4H3. The molecule has 0 aliphatic heterocycles. The monoisotopic (exact) mass is 213 g/mol. The average molecular weight is 213 g/mol. The van der Waals surface area contributed by atoms with Crippen LogP contribution in [0.3, 0.4) is 0 Å². The molecule has 0 bridgehead atoms. The minimum atomic E-state index is -0.355. The van der Waals surface area contributed by atoms with E-state index in [0.29, 0.717) is 6.61 Å². The van der Waals surface area contributed by atoms with Gasteiger partial charge < -0.3 is 19.6 Å². The van der Waals surface area contributed by atoms with Crippen LogP contribution in [-0.4, -0.2) is 23.8 Å². The van der Waals surface area contributed by atoms with Crippen LogP contribution in [0.5, 0.6) is 0 Å². The summed E-state index contributed by atoms with van der Waals surface area (Å²) in [5.74, 6) is 0. The Morgan fingerprint density at radius 3 is 2.47 bits per heavy atom. The van der Waals surface area contributed by atoms with Gasteiger partial charge in [-0.1, -0.05) is 0 Å². The van der Waals surface area contributed by atoms with E-state index in [4.69, 9.17) is 14.6 Å². The van der Waals surface area contributed by atoms with Gasteiger partial charge >= 0.3 is 0 Å². The lowest BCUT2D eigenvalue weighted by molar-refractivity contribution is -0.124. The van der Waals surface area contributed by atoms with Crippen molar-refractivity contribution in [1.82, 2.24) is 4.98 Å². The number of hydrogen-bond donors (Lipinski definition) is 2. The Labute approximate surface area is 90.2 Å². The van der Waals surface area contributed by atoms with E-state index in [0.717, 1.165) is 22.5 Å². The summed E-state index contributed by atoms with van der Waals surface area (Å²) >= 11 is 0. The second-order valence-corrected chi connectivity index (χ2v) is 3.45. The molecule has 0 aromatic carbocycles. The Morgan fingerprint density at radius 1 is 1.40 bits per heavy atom. The van der Waals surface area contributed by atoms with Gasteiger partial charge in [-0.25, -0.2) is 0 Å². The van der Waals surface area contributed by atoms with Crippen molar-refractivity contribution in [2.24, 2.45) is 0 Å². The molecule has 1 rings (SSSR count). The lowest BCUT2D eigenvalue weighted by Crippen LogP contribution is -2.08. The molecule has 2 N–H and O–H groups in total. The zero-order valence-corrected chi connectivity index (χ0v) is 9.76. The molecule has 1 unspecified atom stereocenters. The van der Waals surface area contributed by atoms with E-state index < -0.39 is 0 Å². The molecule has 0 spiro atoms. The number of aliphatic hydroxyl groups is 1. The van der Waals surface area contributed by atoms with Crippen molar-refractivity contribution in [2.45, 2.75) is 33.7 Å². The molecule has 1 atom stereocenters. The molecule has 0 saturated carbocycles. The molecule has 1 aromatic heterocycles. The van der Waals surface area contributed by atoms with Gasteiger partial charge in [0.2, 0.25) is 0 Å². The fourth-order valence-electron chi connectivity index (χ4n) is 1.76. The maximum atomic E-state index is 9.13. The quantitative estimate of drug-likeness (QED) is 0.733. The largest absolute Gasteiger partial charge is 0.390 e. The second-order valence-electron chi connectivity index (χ2n) is 3.45. The number of aliphatic hydroxyl groups excluding tert-OH is 1. The highest BCUT2D eigenvalue weighted by Gasteiger charge is 2.19. The Morgan fingerprint density at radius 2 is 2.07 bits per heavy atom. The predicted octanol–water partition coefficient (Wildman–Crippen LogP) is 1.81. The minimum Gasteiger partial charge on any atom is -0.390 e. The highest BCUT2D eigenvalue weighted by atomic mass is 16.7. The van der Waals surface area contributed by atoms with Gasteiger partial charge in [-0.3, -0.25) is 0 Å². The zero-order valence-electron chi connectivity index (χ0n) is 9.76. The lowest BCUT2D eigenvalue weighted by atomic mass is 10.1. The minimum absolute atomic E-state index is 0.00916. The number of ether oxygens (including phenoxy) is 2. The molecule has 0 aliphatic rings. The maximum Gasteiger partial charge on any atom is 0.185 e. The molecule has 0 aliphatic carbocycles. The van der Waals surface area contributed by atoms with Crippen molar-refractivity contribution in [3.8, 4) is 0 Å². The third-order valence-corrected chi connectivity index (χ3v) is 2.52. The van der Waals surface area contributed by atoms with Gasteiger partial charge in [0.15, 0.2) is 6.29 Å². The van der Waals surface area contributed by atoms with Gasteiger partial charge in [0, 0.05) is 30.7 Å². The van der Waals surface area contributed by atoms with Crippen LogP contribution < -0.4 is 0 Å². The fraction of sp³-hybridized carbons (Fsp3) is 0.636. The van der Waals surface area contributed by atoms with E-state index >= 15 is 0 Å². The summed E-state index contributed by atoms with van der Waals surface area (Å²) < 4.78 is 10.7. The summed E-state index contributed by atoms with van der Waals surface area (Å²) in [6, 6.07) is 0. The van der Waals surface area contributed by atoms with Gasteiger partial charge in [-0.05, 0) is 26.3 Å². The number of nitrogens with one attached hydrogen (secondary N) is 1. The Balaban J connectivity index is 3.05. The van der Waals surface area contributed by atoms with Gasteiger partial charge in [-0.2, -0.15) is 0 Å². The van der Waals surface area contributed by atoms with Crippen LogP contribution in [0, 0.1) is 13.8 Å². The first-order valence-corrected chi connectivity index (χ1v) is 5.08. The lowest BCUT2D eigenvalue weighted by Gasteiger charge is -2.16. The molecule has 15 heavy (non-hydrogen) atoms. The van der Waals surface area contributed by atoms with Crippen LogP contribution >= 0.6 is 0 Å². The van der Waals surface area contributed by atoms with Crippen LogP contribution in [-0.2, 0) is 16.1 Å². The molecule has 4 heteroatoms. The average Bonchev–Trinajstić information content (AvgIpc) is 2.51. The zero-order chi connectivity index (χ0) is 11.4. The highest BCUT2D eigenvalue weighted by Crippen LogP contribution is 2.27. The van der Waals surface area contributed by atoms with Crippen molar-refractivity contribution in [3.63, 3.8) is 0 Å². The third-order valence-electron chi connectivity index (χ3n) is 2.52. The molecule has 4 nitrogen and oxygen atoms in total. The molecule has 1 heterocycles. The molecule has 0 radical (unpaired) electrons. The van der Waals surface area contributed by atoms with E-state index in [2.05, 4.69) is 4.98 Å². The Bertz CT molecular complexity index is 320. The van der Waals surface area contributed by atoms with Crippen LogP contribution in [0.15, 0.2) is 0 Å². The number of aryl methyl sites for hydroxylation is 1. The Kier molecular flexibility index (Phi) is 4.32. The number of H-pyrrole nitrogens is 1. The molecule has 86 valence electrons. The summed E-state index contributed by atoms with van der Waals surface area (Å²) in [5, 5.41) is 9.13. The molecular formula is C11H19NO3. The van der Waals surface area contributed by atoms with Gasteiger partial charge in [0.05, 0.1) is 6.61 Å².